The van der Waals surface area contributed by atoms with Gasteiger partial charge in [0, 0.05) is 19.0 Å². The second-order valence-electron chi connectivity index (χ2n) is 4.78. The zero-order valence-corrected chi connectivity index (χ0v) is 11.9. The molecule has 0 aliphatic carbocycles. The molecule has 2 aromatic rings. The van der Waals surface area contributed by atoms with E-state index in [1.54, 1.807) is 20.4 Å². The van der Waals surface area contributed by atoms with Gasteiger partial charge >= 0.3 is 0 Å². The Hall–Kier alpha value is -1.97. The summed E-state index contributed by atoms with van der Waals surface area (Å²) in [5.74, 6) is 2.20. The van der Waals surface area contributed by atoms with E-state index in [1.807, 2.05) is 6.07 Å². The maximum Gasteiger partial charge on any atom is 0.294 e. The van der Waals surface area contributed by atoms with E-state index in [0.29, 0.717) is 18.4 Å². The largest absolute Gasteiger partial charge is 0.496 e. The molecule has 0 saturated heterocycles. The molecule has 0 bridgehead atoms. The molecule has 102 valence electrons. The SMILES string of the molecule is CNc1ncc(Cc2cc(C(C)C)ccc2OC)o1. The van der Waals surface area contributed by atoms with Crippen molar-refractivity contribution < 1.29 is 9.15 Å². The normalized spacial score (nSPS) is 10.8. The fraction of sp³-hybridized carbons (Fsp3) is 0.400. The third kappa shape index (κ3) is 3.08. The summed E-state index contributed by atoms with van der Waals surface area (Å²) >= 11 is 0. The van der Waals surface area contributed by atoms with Crippen LogP contribution in [0.2, 0.25) is 0 Å². The summed E-state index contributed by atoms with van der Waals surface area (Å²) in [6.07, 6.45) is 2.42. The van der Waals surface area contributed by atoms with Crippen molar-refractivity contribution in [1.82, 2.24) is 4.98 Å². The van der Waals surface area contributed by atoms with Gasteiger partial charge in [-0.1, -0.05) is 26.0 Å². The molecule has 0 saturated carbocycles. The van der Waals surface area contributed by atoms with Crippen molar-refractivity contribution in [1.29, 1.82) is 0 Å². The summed E-state index contributed by atoms with van der Waals surface area (Å²) in [4.78, 5) is 4.13. The molecule has 0 atom stereocenters. The third-order valence-electron chi connectivity index (χ3n) is 3.10. The number of nitrogens with zero attached hydrogens (tertiary/aromatic N) is 1. The number of aromatic nitrogens is 1. The van der Waals surface area contributed by atoms with E-state index in [-0.39, 0.29) is 0 Å². The van der Waals surface area contributed by atoms with Crippen LogP contribution < -0.4 is 10.1 Å². The standard InChI is InChI=1S/C15H20N2O2/c1-10(2)11-5-6-14(18-4)12(7-11)8-13-9-17-15(16-3)19-13/h5-7,9-10H,8H2,1-4H3,(H,16,17). The van der Waals surface area contributed by atoms with Crippen molar-refractivity contribution in [3.8, 4) is 5.75 Å². The summed E-state index contributed by atoms with van der Waals surface area (Å²) in [6.45, 7) is 4.36. The lowest BCUT2D eigenvalue weighted by atomic mass is 9.98. The lowest BCUT2D eigenvalue weighted by molar-refractivity contribution is 0.408. The Morgan fingerprint density at radius 3 is 2.74 bits per heavy atom. The Morgan fingerprint density at radius 2 is 2.16 bits per heavy atom. The van der Waals surface area contributed by atoms with E-state index >= 15 is 0 Å². The summed E-state index contributed by atoms with van der Waals surface area (Å²) < 4.78 is 11.0. The van der Waals surface area contributed by atoms with E-state index in [2.05, 4.69) is 36.3 Å². The molecule has 0 spiro atoms. The second-order valence-corrected chi connectivity index (χ2v) is 4.78. The first kappa shape index (κ1) is 13.5. The molecule has 2 rings (SSSR count). The first-order valence-corrected chi connectivity index (χ1v) is 6.43. The van der Waals surface area contributed by atoms with Crippen LogP contribution in [0.3, 0.4) is 0 Å². The van der Waals surface area contributed by atoms with Crippen molar-refractivity contribution in [3.05, 3.63) is 41.3 Å². The summed E-state index contributed by atoms with van der Waals surface area (Å²) in [5.41, 5.74) is 2.41. The van der Waals surface area contributed by atoms with Crippen molar-refractivity contribution in [2.24, 2.45) is 0 Å². The van der Waals surface area contributed by atoms with Gasteiger partial charge < -0.3 is 14.5 Å². The summed E-state index contributed by atoms with van der Waals surface area (Å²) in [5, 5.41) is 2.88. The fourth-order valence-corrected chi connectivity index (χ4v) is 1.99. The number of benzene rings is 1. The van der Waals surface area contributed by atoms with Crippen LogP contribution >= 0.6 is 0 Å². The molecule has 1 aromatic heterocycles. The minimum atomic E-state index is 0.493. The lowest BCUT2D eigenvalue weighted by Crippen LogP contribution is -1.96. The number of oxazole rings is 1. The van der Waals surface area contributed by atoms with Gasteiger partial charge in [0.2, 0.25) is 0 Å². The predicted octanol–water partition coefficient (Wildman–Crippen LogP) is 3.44. The minimum Gasteiger partial charge on any atom is -0.496 e. The molecular formula is C15H20N2O2. The van der Waals surface area contributed by atoms with Crippen molar-refractivity contribution in [2.45, 2.75) is 26.2 Å². The summed E-state index contributed by atoms with van der Waals surface area (Å²) in [6, 6.07) is 6.83. The monoisotopic (exact) mass is 260 g/mol. The van der Waals surface area contributed by atoms with E-state index in [0.717, 1.165) is 17.1 Å². The van der Waals surface area contributed by atoms with Gasteiger partial charge in [0.1, 0.15) is 11.5 Å². The molecule has 0 unspecified atom stereocenters. The Labute approximate surface area is 113 Å². The molecule has 4 heteroatoms. The highest BCUT2D eigenvalue weighted by molar-refractivity contribution is 5.40. The zero-order valence-electron chi connectivity index (χ0n) is 11.9. The van der Waals surface area contributed by atoms with Crippen LogP contribution in [0.25, 0.3) is 0 Å². The van der Waals surface area contributed by atoms with Gasteiger partial charge in [-0.25, -0.2) is 4.98 Å². The quantitative estimate of drug-likeness (QED) is 0.894. The smallest absolute Gasteiger partial charge is 0.294 e. The average Bonchev–Trinajstić information content (AvgIpc) is 2.86. The van der Waals surface area contributed by atoms with Gasteiger partial charge in [0.25, 0.3) is 6.01 Å². The van der Waals surface area contributed by atoms with Crippen LogP contribution in [-0.4, -0.2) is 19.1 Å². The Morgan fingerprint density at radius 1 is 1.37 bits per heavy atom. The number of anilines is 1. The highest BCUT2D eigenvalue weighted by atomic mass is 16.5. The van der Waals surface area contributed by atoms with Crippen LogP contribution in [0.15, 0.2) is 28.8 Å². The Bertz CT molecular complexity index is 547. The van der Waals surface area contributed by atoms with Gasteiger partial charge in [0.05, 0.1) is 13.3 Å². The number of methoxy groups -OCH3 is 1. The molecule has 1 N–H and O–H groups in total. The zero-order chi connectivity index (χ0) is 13.8. The van der Waals surface area contributed by atoms with Crippen molar-refractivity contribution in [3.63, 3.8) is 0 Å². The molecule has 0 aliphatic rings. The predicted molar refractivity (Wildman–Crippen MR) is 75.9 cm³/mol. The molecule has 0 radical (unpaired) electrons. The topological polar surface area (TPSA) is 47.3 Å². The van der Waals surface area contributed by atoms with Crippen molar-refractivity contribution in [2.75, 3.05) is 19.5 Å². The molecule has 0 fully saturated rings. The van der Waals surface area contributed by atoms with Crippen LogP contribution in [0.1, 0.15) is 36.7 Å². The number of rotatable bonds is 5. The van der Waals surface area contributed by atoms with E-state index < -0.39 is 0 Å². The highest BCUT2D eigenvalue weighted by Crippen LogP contribution is 2.26. The molecular weight excluding hydrogens is 240 g/mol. The van der Waals surface area contributed by atoms with Crippen LogP contribution in [-0.2, 0) is 6.42 Å². The van der Waals surface area contributed by atoms with Crippen LogP contribution in [0.4, 0.5) is 6.01 Å². The first-order chi connectivity index (χ1) is 9.13. The number of hydrogen-bond acceptors (Lipinski definition) is 4. The maximum atomic E-state index is 5.56. The van der Waals surface area contributed by atoms with E-state index in [4.69, 9.17) is 9.15 Å². The molecule has 19 heavy (non-hydrogen) atoms. The van der Waals surface area contributed by atoms with E-state index in [1.165, 1.54) is 5.56 Å². The number of hydrogen-bond donors (Lipinski definition) is 1. The Kier molecular flexibility index (Phi) is 4.10. The molecule has 0 aliphatic heterocycles. The fourth-order valence-electron chi connectivity index (χ4n) is 1.99. The second kappa shape index (κ2) is 5.78. The number of ether oxygens (including phenoxy) is 1. The third-order valence-corrected chi connectivity index (χ3v) is 3.10. The molecule has 1 aromatic carbocycles. The van der Waals surface area contributed by atoms with Crippen LogP contribution in [0.5, 0.6) is 5.75 Å². The van der Waals surface area contributed by atoms with E-state index in [9.17, 15) is 0 Å². The minimum absolute atomic E-state index is 0.493. The number of nitrogens with one attached hydrogen (secondary N) is 1. The van der Waals surface area contributed by atoms with Gasteiger partial charge in [-0.15, -0.1) is 0 Å². The molecule has 0 amide bonds. The molecule has 1 heterocycles. The van der Waals surface area contributed by atoms with Gasteiger partial charge in [0.15, 0.2) is 0 Å². The molecule has 4 nitrogen and oxygen atoms in total. The van der Waals surface area contributed by atoms with Gasteiger partial charge in [-0.05, 0) is 17.5 Å². The summed E-state index contributed by atoms with van der Waals surface area (Å²) in [7, 11) is 3.48. The van der Waals surface area contributed by atoms with Crippen molar-refractivity contribution >= 4 is 6.01 Å². The van der Waals surface area contributed by atoms with Gasteiger partial charge in [-0.3, -0.25) is 0 Å². The van der Waals surface area contributed by atoms with Crippen LogP contribution in [0, 0.1) is 0 Å². The highest BCUT2D eigenvalue weighted by Gasteiger charge is 2.10. The average molecular weight is 260 g/mol. The maximum absolute atomic E-state index is 5.56. The first-order valence-electron chi connectivity index (χ1n) is 6.43. The lowest BCUT2D eigenvalue weighted by Gasteiger charge is -2.11. The Balaban J connectivity index is 2.28. The van der Waals surface area contributed by atoms with Gasteiger partial charge in [-0.2, -0.15) is 0 Å².